The highest BCUT2D eigenvalue weighted by Gasteiger charge is 2.43. The maximum absolute atomic E-state index is 13.0. The van der Waals surface area contributed by atoms with Crippen LogP contribution in [0.5, 0.6) is 0 Å². The molecule has 1 aliphatic rings. The summed E-state index contributed by atoms with van der Waals surface area (Å²) >= 11 is 0.802. The van der Waals surface area contributed by atoms with Gasteiger partial charge in [-0.05, 0) is 54.1 Å². The first-order valence-electron chi connectivity index (χ1n) is 8.72. The number of nitrogens with zero attached hydrogens (tertiary/aromatic N) is 2. The Balaban J connectivity index is 1.86. The Bertz CT molecular complexity index is 994. The molecule has 3 amide bonds. The molecule has 3 rings (SSSR count). The van der Waals surface area contributed by atoms with Gasteiger partial charge in [-0.3, -0.25) is 19.3 Å². The first kappa shape index (κ1) is 20.4. The molecule has 150 valence electrons. The van der Waals surface area contributed by atoms with Gasteiger partial charge in [0, 0.05) is 5.69 Å². The van der Waals surface area contributed by atoms with E-state index in [-0.39, 0.29) is 18.7 Å². The fraction of sp³-hybridized carbons (Fsp3) is 0.200. The topological polar surface area (TPSA) is 121 Å². The van der Waals surface area contributed by atoms with Crippen LogP contribution in [0.3, 0.4) is 0 Å². The monoisotopic (exact) mass is 413 g/mol. The number of amides is 3. The molecule has 1 atom stereocenters. The number of imide groups is 1. The number of benzene rings is 2. The van der Waals surface area contributed by atoms with Crippen LogP contribution in [-0.4, -0.2) is 44.9 Å². The van der Waals surface area contributed by atoms with Crippen molar-refractivity contribution >= 4 is 40.5 Å². The number of thioether (sulfide) groups is 1. The number of hydrogen-bond donors (Lipinski definition) is 2. The third-order valence-electron chi connectivity index (χ3n) is 4.37. The van der Waals surface area contributed by atoms with Gasteiger partial charge < -0.3 is 15.7 Å². The molecule has 9 heteroatoms. The molecule has 0 radical (unpaired) electrons. The largest absolute Gasteiger partial charge is 0.478 e. The lowest BCUT2D eigenvalue weighted by Crippen LogP contribution is -2.45. The number of carbonyl (C=O) groups excluding carboxylic acids is 3. The van der Waals surface area contributed by atoms with Crippen LogP contribution in [0.15, 0.2) is 48.5 Å². The summed E-state index contributed by atoms with van der Waals surface area (Å²) in [7, 11) is 0. The van der Waals surface area contributed by atoms with Crippen molar-refractivity contribution in [2.75, 3.05) is 11.4 Å². The van der Waals surface area contributed by atoms with Gasteiger partial charge in [0.05, 0.1) is 18.7 Å². The van der Waals surface area contributed by atoms with E-state index < -0.39 is 28.4 Å². The molecule has 1 fully saturated rings. The van der Waals surface area contributed by atoms with E-state index in [1.165, 1.54) is 17.0 Å². The molecular formula is C20H19N3O5S. The van der Waals surface area contributed by atoms with Gasteiger partial charge in [0.2, 0.25) is 5.91 Å². The van der Waals surface area contributed by atoms with Crippen LogP contribution in [0.2, 0.25) is 0 Å². The van der Waals surface area contributed by atoms with Crippen molar-refractivity contribution < 1.29 is 24.3 Å². The molecule has 0 saturated carbocycles. The zero-order valence-electron chi connectivity index (χ0n) is 15.6. The van der Waals surface area contributed by atoms with E-state index in [0.29, 0.717) is 11.3 Å². The lowest BCUT2D eigenvalue weighted by Gasteiger charge is -2.27. The number of carboxylic acids is 1. The van der Waals surface area contributed by atoms with Crippen LogP contribution in [-0.2, 0) is 16.1 Å². The highest BCUT2D eigenvalue weighted by atomic mass is 32.2. The summed E-state index contributed by atoms with van der Waals surface area (Å²) < 4.78 is 0. The number of carbonyl (C=O) groups is 4. The summed E-state index contributed by atoms with van der Waals surface area (Å²) in [5.74, 6) is -2.20. The number of aromatic carboxylic acids is 1. The summed E-state index contributed by atoms with van der Waals surface area (Å²) in [5, 5.41) is 7.72. The number of primary amides is 1. The molecule has 2 aromatic carbocycles. The minimum absolute atomic E-state index is 0.0550. The van der Waals surface area contributed by atoms with Crippen molar-refractivity contribution in [1.29, 1.82) is 0 Å². The van der Waals surface area contributed by atoms with E-state index >= 15 is 0 Å². The van der Waals surface area contributed by atoms with Crippen molar-refractivity contribution in [2.24, 2.45) is 5.73 Å². The SMILES string of the molecule is Cc1cccc(N(CC(N)=O)C2SC(=O)N(Cc3cccc(C(=O)O)c3)C2=O)c1. The van der Waals surface area contributed by atoms with Gasteiger partial charge >= 0.3 is 5.97 Å². The Kier molecular flexibility index (Phi) is 5.88. The summed E-state index contributed by atoms with van der Waals surface area (Å²) in [6, 6.07) is 13.3. The van der Waals surface area contributed by atoms with E-state index in [4.69, 9.17) is 10.8 Å². The number of anilines is 1. The zero-order chi connectivity index (χ0) is 21.1. The second kappa shape index (κ2) is 8.36. The van der Waals surface area contributed by atoms with Gasteiger partial charge in [-0.2, -0.15) is 0 Å². The van der Waals surface area contributed by atoms with Gasteiger partial charge in [0.15, 0.2) is 5.37 Å². The Hall–Kier alpha value is -3.33. The third kappa shape index (κ3) is 4.57. The molecule has 0 bridgehead atoms. The number of aryl methyl sites for hydroxylation is 1. The van der Waals surface area contributed by atoms with Crippen molar-refractivity contribution in [1.82, 2.24) is 4.90 Å². The fourth-order valence-corrected chi connectivity index (χ4v) is 4.07. The highest BCUT2D eigenvalue weighted by Crippen LogP contribution is 2.34. The van der Waals surface area contributed by atoms with Crippen LogP contribution in [0, 0.1) is 6.92 Å². The lowest BCUT2D eigenvalue weighted by atomic mass is 10.1. The van der Waals surface area contributed by atoms with Crippen LogP contribution in [0.1, 0.15) is 21.5 Å². The molecule has 0 aliphatic carbocycles. The van der Waals surface area contributed by atoms with Crippen molar-refractivity contribution in [3.05, 3.63) is 65.2 Å². The predicted molar refractivity (Wildman–Crippen MR) is 108 cm³/mol. The molecule has 8 nitrogen and oxygen atoms in total. The first-order valence-corrected chi connectivity index (χ1v) is 9.60. The van der Waals surface area contributed by atoms with Crippen LogP contribution in [0.25, 0.3) is 0 Å². The van der Waals surface area contributed by atoms with E-state index in [1.807, 2.05) is 13.0 Å². The summed E-state index contributed by atoms with van der Waals surface area (Å²) in [5.41, 5.74) is 7.49. The van der Waals surface area contributed by atoms with Gasteiger partial charge in [0.25, 0.3) is 11.1 Å². The number of nitrogens with two attached hydrogens (primary N) is 1. The molecule has 29 heavy (non-hydrogen) atoms. The normalized spacial score (nSPS) is 16.2. The highest BCUT2D eigenvalue weighted by molar-refractivity contribution is 8.15. The Morgan fingerprint density at radius 1 is 1.17 bits per heavy atom. The van der Waals surface area contributed by atoms with Gasteiger partial charge in [-0.15, -0.1) is 0 Å². The van der Waals surface area contributed by atoms with Gasteiger partial charge in [-0.25, -0.2) is 4.79 Å². The minimum atomic E-state index is -1.09. The first-order chi connectivity index (χ1) is 13.8. The second-order valence-electron chi connectivity index (χ2n) is 6.60. The third-order valence-corrected chi connectivity index (χ3v) is 5.47. The number of carboxylic acid groups (broad SMARTS) is 1. The molecular weight excluding hydrogens is 394 g/mol. The molecule has 2 aromatic rings. The van der Waals surface area contributed by atoms with Gasteiger partial charge in [0.1, 0.15) is 0 Å². The molecule has 1 heterocycles. The molecule has 1 aliphatic heterocycles. The summed E-state index contributed by atoms with van der Waals surface area (Å²) in [4.78, 5) is 50.8. The Morgan fingerprint density at radius 3 is 2.55 bits per heavy atom. The fourth-order valence-electron chi connectivity index (χ4n) is 3.04. The quantitative estimate of drug-likeness (QED) is 0.714. The number of rotatable bonds is 7. The molecule has 0 aromatic heterocycles. The van der Waals surface area contributed by atoms with Crippen molar-refractivity contribution in [3.63, 3.8) is 0 Å². The molecule has 3 N–H and O–H groups in total. The standard InChI is InChI=1S/C20H19N3O5S/c1-12-4-2-7-15(8-12)22(11-16(21)24)18-17(25)23(20(28)29-18)10-13-5-3-6-14(9-13)19(26)27/h2-9,18H,10-11H2,1H3,(H2,21,24)(H,26,27). The predicted octanol–water partition coefficient (Wildman–Crippen LogP) is 2.21. The van der Waals surface area contributed by atoms with Crippen LogP contribution < -0.4 is 10.6 Å². The number of hydrogen-bond acceptors (Lipinski definition) is 6. The second-order valence-corrected chi connectivity index (χ2v) is 7.63. The van der Waals surface area contributed by atoms with E-state index in [0.717, 1.165) is 22.2 Å². The molecule has 1 saturated heterocycles. The van der Waals surface area contributed by atoms with Crippen molar-refractivity contribution in [2.45, 2.75) is 18.8 Å². The zero-order valence-corrected chi connectivity index (χ0v) is 16.4. The molecule has 1 unspecified atom stereocenters. The Morgan fingerprint density at radius 2 is 1.90 bits per heavy atom. The molecule has 0 spiro atoms. The Labute approximate surface area is 171 Å². The average Bonchev–Trinajstić information content (AvgIpc) is 2.94. The summed E-state index contributed by atoms with van der Waals surface area (Å²) in [6.45, 7) is 1.60. The lowest BCUT2D eigenvalue weighted by molar-refractivity contribution is -0.127. The maximum Gasteiger partial charge on any atom is 0.335 e. The van der Waals surface area contributed by atoms with E-state index in [2.05, 4.69) is 0 Å². The smallest absolute Gasteiger partial charge is 0.335 e. The van der Waals surface area contributed by atoms with Crippen LogP contribution >= 0.6 is 11.8 Å². The average molecular weight is 413 g/mol. The maximum atomic E-state index is 13.0. The summed E-state index contributed by atoms with van der Waals surface area (Å²) in [6.07, 6.45) is 0. The van der Waals surface area contributed by atoms with Crippen molar-refractivity contribution in [3.8, 4) is 0 Å². The minimum Gasteiger partial charge on any atom is -0.478 e. The van der Waals surface area contributed by atoms with E-state index in [1.54, 1.807) is 30.3 Å². The van der Waals surface area contributed by atoms with Gasteiger partial charge in [-0.1, -0.05) is 24.3 Å². The van der Waals surface area contributed by atoms with Crippen LogP contribution in [0.4, 0.5) is 10.5 Å². The van der Waals surface area contributed by atoms with E-state index in [9.17, 15) is 19.2 Å².